The Bertz CT molecular complexity index is 318. The topological polar surface area (TPSA) is 58.4 Å². The number of hydrogen-bond acceptors (Lipinski definition) is 3. The molecule has 0 spiro atoms. The number of likely N-dealkylation sites (tertiary alicyclic amines) is 1. The van der Waals surface area contributed by atoms with Crippen molar-refractivity contribution in [2.75, 3.05) is 32.7 Å². The number of amides is 1. The van der Waals surface area contributed by atoms with Crippen LogP contribution in [0, 0.1) is 5.41 Å². The van der Waals surface area contributed by atoms with Gasteiger partial charge in [-0.25, -0.2) is 0 Å². The van der Waals surface area contributed by atoms with E-state index in [2.05, 4.69) is 10.2 Å². The van der Waals surface area contributed by atoms with Gasteiger partial charge in [0.15, 0.2) is 0 Å². The third kappa shape index (κ3) is 5.88. The normalized spacial score (nSPS) is 23.0. The Labute approximate surface area is 136 Å². The highest BCUT2D eigenvalue weighted by Gasteiger charge is 2.32. The van der Waals surface area contributed by atoms with Crippen molar-refractivity contribution in [3.63, 3.8) is 0 Å². The van der Waals surface area contributed by atoms with E-state index >= 15 is 0 Å². The molecule has 2 aliphatic rings. The molecule has 1 saturated carbocycles. The van der Waals surface area contributed by atoms with Gasteiger partial charge in [-0.1, -0.05) is 32.1 Å². The molecule has 0 aromatic rings. The quantitative estimate of drug-likeness (QED) is 0.711. The van der Waals surface area contributed by atoms with Crippen LogP contribution >= 0.6 is 0 Å². The molecule has 0 bridgehead atoms. The smallest absolute Gasteiger partial charge is 0.220 e. The van der Waals surface area contributed by atoms with Crippen molar-refractivity contribution in [3.8, 4) is 0 Å². The van der Waals surface area contributed by atoms with Gasteiger partial charge in [-0.15, -0.1) is 0 Å². The van der Waals surface area contributed by atoms with E-state index in [1.807, 2.05) is 0 Å². The van der Waals surface area contributed by atoms with Crippen LogP contribution in [-0.4, -0.2) is 43.5 Å². The summed E-state index contributed by atoms with van der Waals surface area (Å²) in [6, 6.07) is 0. The summed E-state index contributed by atoms with van der Waals surface area (Å²) in [6.45, 7) is 5.08. The fourth-order valence-corrected chi connectivity index (χ4v) is 4.05. The zero-order valence-corrected chi connectivity index (χ0v) is 14.2. The summed E-state index contributed by atoms with van der Waals surface area (Å²) >= 11 is 0. The third-order valence-corrected chi connectivity index (χ3v) is 5.55. The van der Waals surface area contributed by atoms with Crippen LogP contribution < -0.4 is 11.1 Å². The number of nitrogens with two attached hydrogens (primary N) is 1. The second-order valence-electron chi connectivity index (χ2n) is 7.40. The lowest BCUT2D eigenvalue weighted by atomic mass is 9.71. The van der Waals surface area contributed by atoms with Gasteiger partial charge in [0.25, 0.3) is 0 Å². The standard InChI is InChI=1S/C18H35N3O/c19-16-18(9-4-3-5-10-18)15-17(22)20-11-8-14-21-12-6-1-2-7-13-21/h1-16,19H2,(H,20,22). The van der Waals surface area contributed by atoms with Crippen molar-refractivity contribution in [2.24, 2.45) is 11.1 Å². The third-order valence-electron chi connectivity index (χ3n) is 5.55. The van der Waals surface area contributed by atoms with Crippen LogP contribution in [0.15, 0.2) is 0 Å². The van der Waals surface area contributed by atoms with Crippen molar-refractivity contribution >= 4 is 5.91 Å². The summed E-state index contributed by atoms with van der Waals surface area (Å²) in [6.07, 6.45) is 13.2. The highest BCUT2D eigenvalue weighted by atomic mass is 16.1. The van der Waals surface area contributed by atoms with E-state index in [0.717, 1.165) is 32.4 Å². The highest BCUT2D eigenvalue weighted by molar-refractivity contribution is 5.76. The number of nitrogens with one attached hydrogen (secondary N) is 1. The average molecular weight is 309 g/mol. The Morgan fingerprint density at radius 3 is 2.27 bits per heavy atom. The molecule has 2 fully saturated rings. The minimum Gasteiger partial charge on any atom is -0.356 e. The molecule has 0 aromatic heterocycles. The fraction of sp³-hybridized carbons (Fsp3) is 0.944. The number of rotatable bonds is 7. The van der Waals surface area contributed by atoms with Crippen LogP contribution in [0.5, 0.6) is 0 Å². The molecule has 3 N–H and O–H groups in total. The maximum Gasteiger partial charge on any atom is 0.220 e. The lowest BCUT2D eigenvalue weighted by Crippen LogP contribution is -2.39. The fourth-order valence-electron chi connectivity index (χ4n) is 4.05. The molecule has 2 rings (SSSR count). The molecule has 1 aliphatic carbocycles. The first-order valence-electron chi connectivity index (χ1n) is 9.43. The summed E-state index contributed by atoms with van der Waals surface area (Å²) < 4.78 is 0. The maximum atomic E-state index is 12.2. The summed E-state index contributed by atoms with van der Waals surface area (Å²) in [7, 11) is 0. The summed E-state index contributed by atoms with van der Waals surface area (Å²) in [5.74, 6) is 0.211. The van der Waals surface area contributed by atoms with E-state index in [1.165, 1.54) is 58.0 Å². The largest absolute Gasteiger partial charge is 0.356 e. The Morgan fingerprint density at radius 1 is 1.00 bits per heavy atom. The monoisotopic (exact) mass is 309 g/mol. The van der Waals surface area contributed by atoms with Crippen LogP contribution in [0.3, 0.4) is 0 Å². The van der Waals surface area contributed by atoms with Gasteiger partial charge >= 0.3 is 0 Å². The first kappa shape index (κ1) is 17.7. The number of nitrogens with zero attached hydrogens (tertiary/aromatic N) is 1. The van der Waals surface area contributed by atoms with E-state index in [4.69, 9.17) is 5.73 Å². The predicted octanol–water partition coefficient (Wildman–Crippen LogP) is 2.67. The molecule has 1 aliphatic heterocycles. The predicted molar refractivity (Wildman–Crippen MR) is 91.7 cm³/mol. The van der Waals surface area contributed by atoms with Crippen molar-refractivity contribution in [1.82, 2.24) is 10.2 Å². The summed E-state index contributed by atoms with van der Waals surface area (Å²) in [5, 5.41) is 3.12. The van der Waals surface area contributed by atoms with Gasteiger partial charge in [-0.3, -0.25) is 4.79 Å². The number of carbonyl (C=O) groups is 1. The lowest BCUT2D eigenvalue weighted by Gasteiger charge is -2.35. The minimum absolute atomic E-state index is 0.0904. The Kier molecular flexibility index (Phi) is 7.67. The van der Waals surface area contributed by atoms with Gasteiger partial charge in [0, 0.05) is 13.0 Å². The Morgan fingerprint density at radius 2 is 1.64 bits per heavy atom. The van der Waals surface area contributed by atoms with Crippen molar-refractivity contribution in [3.05, 3.63) is 0 Å². The van der Waals surface area contributed by atoms with E-state index < -0.39 is 0 Å². The van der Waals surface area contributed by atoms with Gasteiger partial charge in [0.2, 0.25) is 5.91 Å². The van der Waals surface area contributed by atoms with E-state index in [9.17, 15) is 4.79 Å². The first-order chi connectivity index (χ1) is 10.7. The van der Waals surface area contributed by atoms with Gasteiger partial charge in [0.1, 0.15) is 0 Å². The molecule has 22 heavy (non-hydrogen) atoms. The number of hydrogen-bond donors (Lipinski definition) is 2. The van der Waals surface area contributed by atoms with E-state index in [1.54, 1.807) is 0 Å². The van der Waals surface area contributed by atoms with Crippen LogP contribution in [-0.2, 0) is 4.79 Å². The minimum atomic E-state index is 0.0904. The molecule has 1 heterocycles. The Balaban J connectivity index is 1.60. The zero-order chi connectivity index (χ0) is 15.7. The second-order valence-corrected chi connectivity index (χ2v) is 7.40. The molecule has 1 saturated heterocycles. The molecular formula is C18H35N3O. The van der Waals surface area contributed by atoms with Crippen molar-refractivity contribution in [2.45, 2.75) is 70.6 Å². The molecule has 0 radical (unpaired) electrons. The molecule has 0 aromatic carbocycles. The van der Waals surface area contributed by atoms with Gasteiger partial charge in [0.05, 0.1) is 0 Å². The van der Waals surface area contributed by atoms with Crippen LogP contribution in [0.25, 0.3) is 0 Å². The van der Waals surface area contributed by atoms with Gasteiger partial charge in [-0.05, 0) is 63.7 Å². The summed E-state index contributed by atoms with van der Waals surface area (Å²) in [4.78, 5) is 14.8. The van der Waals surface area contributed by atoms with Gasteiger partial charge in [-0.2, -0.15) is 0 Å². The van der Waals surface area contributed by atoms with E-state index in [-0.39, 0.29) is 11.3 Å². The van der Waals surface area contributed by atoms with Crippen molar-refractivity contribution < 1.29 is 4.79 Å². The van der Waals surface area contributed by atoms with Crippen molar-refractivity contribution in [1.29, 1.82) is 0 Å². The van der Waals surface area contributed by atoms with Crippen LogP contribution in [0.1, 0.15) is 70.6 Å². The maximum absolute atomic E-state index is 12.2. The van der Waals surface area contributed by atoms with Gasteiger partial charge < -0.3 is 16.0 Å². The van der Waals surface area contributed by atoms with Crippen LogP contribution in [0.4, 0.5) is 0 Å². The SMILES string of the molecule is NCC1(CC(=O)NCCCN2CCCCCC2)CCCCC1. The zero-order valence-electron chi connectivity index (χ0n) is 14.2. The van der Waals surface area contributed by atoms with E-state index in [0.29, 0.717) is 13.0 Å². The average Bonchev–Trinajstić information content (AvgIpc) is 2.81. The first-order valence-corrected chi connectivity index (χ1v) is 9.43. The number of carbonyl (C=O) groups excluding carboxylic acids is 1. The lowest BCUT2D eigenvalue weighted by molar-refractivity contribution is -0.123. The summed E-state index contributed by atoms with van der Waals surface area (Å²) in [5.41, 5.74) is 6.06. The van der Waals surface area contributed by atoms with Crippen LogP contribution in [0.2, 0.25) is 0 Å². The molecule has 128 valence electrons. The molecule has 0 unspecified atom stereocenters. The molecule has 4 nitrogen and oxygen atoms in total. The molecule has 4 heteroatoms. The molecule has 0 atom stereocenters. The second kappa shape index (κ2) is 9.51. The Hall–Kier alpha value is -0.610. The molecular weight excluding hydrogens is 274 g/mol. The molecule has 1 amide bonds. The highest BCUT2D eigenvalue weighted by Crippen LogP contribution is 2.38.